The predicted octanol–water partition coefficient (Wildman–Crippen LogP) is 3.14. The molecule has 7 nitrogen and oxygen atoms in total. The number of benzene rings is 2. The molecule has 0 aliphatic carbocycles. The Bertz CT molecular complexity index is 1040. The number of imidazole rings is 1. The third kappa shape index (κ3) is 3.11. The van der Waals surface area contributed by atoms with Gasteiger partial charge in [-0.25, -0.2) is 9.78 Å². The van der Waals surface area contributed by atoms with Gasteiger partial charge in [-0.15, -0.1) is 0 Å². The van der Waals surface area contributed by atoms with Gasteiger partial charge < -0.3 is 19.4 Å². The van der Waals surface area contributed by atoms with Crippen LogP contribution >= 0.6 is 0 Å². The Morgan fingerprint density at radius 2 is 1.96 bits per heavy atom. The van der Waals surface area contributed by atoms with E-state index in [9.17, 15) is 9.59 Å². The Morgan fingerprint density at radius 1 is 1.18 bits per heavy atom. The number of aromatic nitrogens is 2. The Labute approximate surface area is 161 Å². The van der Waals surface area contributed by atoms with Crippen molar-refractivity contribution in [3.8, 4) is 11.4 Å². The molecule has 1 atom stereocenters. The fraction of sp³-hybridized carbons (Fsp3) is 0.190. The molecule has 3 aromatic rings. The van der Waals surface area contributed by atoms with Crippen LogP contribution in [0.15, 0.2) is 54.9 Å². The molecule has 28 heavy (non-hydrogen) atoms. The summed E-state index contributed by atoms with van der Waals surface area (Å²) < 4.78 is 12.0. The molecule has 0 saturated heterocycles. The molecule has 1 aromatic heterocycles. The molecule has 4 rings (SSSR count). The lowest BCUT2D eigenvalue weighted by atomic mass is 9.89. The van der Waals surface area contributed by atoms with Gasteiger partial charge in [-0.2, -0.15) is 0 Å². The Balaban J connectivity index is 1.78. The van der Waals surface area contributed by atoms with Gasteiger partial charge in [-0.3, -0.25) is 4.79 Å². The minimum Gasteiger partial charge on any atom is -0.497 e. The van der Waals surface area contributed by atoms with Gasteiger partial charge in [-0.05, 0) is 29.8 Å². The third-order valence-electron chi connectivity index (χ3n) is 4.85. The van der Waals surface area contributed by atoms with Crippen molar-refractivity contribution in [3.05, 3.63) is 71.7 Å². The van der Waals surface area contributed by atoms with E-state index in [2.05, 4.69) is 10.3 Å². The number of nitrogens with one attached hydrogen (secondary N) is 1. The number of carbonyl (C=O) groups excluding carboxylic acids is 2. The summed E-state index contributed by atoms with van der Waals surface area (Å²) in [5, 5.41) is 2.84. The van der Waals surface area contributed by atoms with E-state index in [1.807, 2.05) is 41.0 Å². The molecular formula is C21H19N3O4. The van der Waals surface area contributed by atoms with Crippen molar-refractivity contribution in [1.82, 2.24) is 9.55 Å². The van der Waals surface area contributed by atoms with Gasteiger partial charge in [0, 0.05) is 18.4 Å². The number of hydrogen-bond acceptors (Lipinski definition) is 5. The Kier molecular flexibility index (Phi) is 4.57. The van der Waals surface area contributed by atoms with Crippen LogP contribution in [0.5, 0.6) is 5.75 Å². The van der Waals surface area contributed by atoms with Crippen LogP contribution in [0.3, 0.4) is 0 Å². The van der Waals surface area contributed by atoms with Gasteiger partial charge in [0.15, 0.2) is 5.82 Å². The maximum absolute atomic E-state index is 12.2. The first-order valence-corrected chi connectivity index (χ1v) is 8.80. The highest BCUT2D eigenvalue weighted by molar-refractivity contribution is 5.94. The van der Waals surface area contributed by atoms with Gasteiger partial charge in [0.25, 0.3) is 0 Å². The number of hydrogen-bond donors (Lipinski definition) is 1. The molecule has 1 aliphatic heterocycles. The number of fused-ring (bicyclic) bond motifs is 1. The standard InChI is InChI=1S/C21H19N3O4/c1-27-16-5-3-4-15(10-16)24-12-22-20-19(24)17(11-18(25)23-20)13-6-8-14(9-7-13)21(26)28-2/h3-10,12,17H,11H2,1-2H3,(H,23,25). The molecular weight excluding hydrogens is 358 g/mol. The van der Waals surface area contributed by atoms with Gasteiger partial charge in [0.2, 0.25) is 5.91 Å². The highest BCUT2D eigenvalue weighted by Crippen LogP contribution is 2.38. The Hall–Kier alpha value is -3.61. The lowest BCUT2D eigenvalue weighted by molar-refractivity contribution is -0.116. The van der Waals surface area contributed by atoms with Crippen molar-refractivity contribution in [1.29, 1.82) is 0 Å². The van der Waals surface area contributed by atoms with E-state index >= 15 is 0 Å². The molecule has 1 amide bonds. The lowest BCUT2D eigenvalue weighted by Crippen LogP contribution is -2.25. The fourth-order valence-electron chi connectivity index (χ4n) is 3.46. The van der Waals surface area contributed by atoms with E-state index in [-0.39, 0.29) is 11.8 Å². The van der Waals surface area contributed by atoms with E-state index in [0.717, 1.165) is 22.7 Å². The first-order chi connectivity index (χ1) is 13.6. The lowest BCUT2D eigenvalue weighted by Gasteiger charge is -2.25. The summed E-state index contributed by atoms with van der Waals surface area (Å²) in [4.78, 5) is 28.3. The van der Waals surface area contributed by atoms with Crippen molar-refractivity contribution in [3.63, 3.8) is 0 Å². The molecule has 0 bridgehead atoms. The zero-order valence-electron chi connectivity index (χ0n) is 15.5. The molecule has 1 aliphatic rings. The van der Waals surface area contributed by atoms with Gasteiger partial charge >= 0.3 is 5.97 Å². The topological polar surface area (TPSA) is 82.5 Å². The second kappa shape index (κ2) is 7.19. The number of anilines is 1. The van der Waals surface area contributed by atoms with Crippen molar-refractivity contribution in [2.45, 2.75) is 12.3 Å². The number of ether oxygens (including phenoxy) is 2. The van der Waals surface area contributed by atoms with E-state index in [0.29, 0.717) is 17.8 Å². The van der Waals surface area contributed by atoms with Gasteiger partial charge in [0.05, 0.1) is 31.2 Å². The molecule has 2 aromatic carbocycles. The first-order valence-electron chi connectivity index (χ1n) is 8.80. The summed E-state index contributed by atoms with van der Waals surface area (Å²) in [7, 11) is 2.97. The highest BCUT2D eigenvalue weighted by Gasteiger charge is 2.31. The van der Waals surface area contributed by atoms with E-state index in [4.69, 9.17) is 9.47 Å². The minimum absolute atomic E-state index is 0.0922. The number of esters is 1. The SMILES string of the molecule is COC(=O)c1ccc(C2CC(=O)Nc3ncn(-c4cccc(OC)c4)c32)cc1. The molecule has 2 heterocycles. The number of carbonyl (C=O) groups is 2. The van der Waals surface area contributed by atoms with Crippen LogP contribution in [-0.2, 0) is 9.53 Å². The van der Waals surface area contributed by atoms with Crippen molar-refractivity contribution >= 4 is 17.7 Å². The summed E-state index contributed by atoms with van der Waals surface area (Å²) in [5.74, 6) is 0.601. The highest BCUT2D eigenvalue weighted by atomic mass is 16.5. The molecule has 1 N–H and O–H groups in total. The zero-order chi connectivity index (χ0) is 19.7. The summed E-state index contributed by atoms with van der Waals surface area (Å²) in [6, 6.07) is 14.8. The van der Waals surface area contributed by atoms with Crippen LogP contribution in [0.4, 0.5) is 5.82 Å². The maximum atomic E-state index is 12.2. The van der Waals surface area contributed by atoms with Gasteiger partial charge in [0.1, 0.15) is 12.1 Å². The average Bonchev–Trinajstić information content (AvgIpc) is 3.16. The minimum atomic E-state index is -0.393. The quantitative estimate of drug-likeness (QED) is 0.707. The smallest absolute Gasteiger partial charge is 0.337 e. The summed E-state index contributed by atoms with van der Waals surface area (Å²) in [6.45, 7) is 0. The van der Waals surface area contributed by atoms with E-state index in [1.54, 1.807) is 25.6 Å². The van der Waals surface area contributed by atoms with E-state index in [1.165, 1.54) is 7.11 Å². The van der Waals surface area contributed by atoms with Crippen LogP contribution in [0, 0.1) is 0 Å². The zero-order valence-corrected chi connectivity index (χ0v) is 15.5. The van der Waals surface area contributed by atoms with Crippen LogP contribution in [0.2, 0.25) is 0 Å². The molecule has 0 saturated carbocycles. The monoisotopic (exact) mass is 377 g/mol. The summed E-state index contributed by atoms with van der Waals surface area (Å²) >= 11 is 0. The number of methoxy groups -OCH3 is 2. The average molecular weight is 377 g/mol. The molecule has 1 unspecified atom stereocenters. The molecule has 142 valence electrons. The Morgan fingerprint density at radius 3 is 2.68 bits per heavy atom. The normalized spacial score (nSPS) is 15.5. The fourth-order valence-corrected chi connectivity index (χ4v) is 3.46. The summed E-state index contributed by atoms with van der Waals surface area (Å²) in [6.07, 6.45) is 1.99. The number of amides is 1. The van der Waals surface area contributed by atoms with E-state index < -0.39 is 5.97 Å². The van der Waals surface area contributed by atoms with Crippen LogP contribution in [-0.4, -0.2) is 35.6 Å². The third-order valence-corrected chi connectivity index (χ3v) is 4.85. The largest absolute Gasteiger partial charge is 0.497 e. The molecule has 0 fully saturated rings. The molecule has 0 spiro atoms. The van der Waals surface area contributed by atoms with Gasteiger partial charge in [-0.1, -0.05) is 18.2 Å². The number of nitrogens with zero attached hydrogens (tertiary/aromatic N) is 2. The second-order valence-electron chi connectivity index (χ2n) is 6.47. The van der Waals surface area contributed by atoms with Crippen LogP contribution in [0.1, 0.15) is 34.0 Å². The number of rotatable bonds is 4. The van der Waals surface area contributed by atoms with Crippen molar-refractivity contribution < 1.29 is 19.1 Å². The summed E-state index contributed by atoms with van der Waals surface area (Å²) in [5.41, 5.74) is 3.17. The molecule has 0 radical (unpaired) electrons. The second-order valence-corrected chi connectivity index (χ2v) is 6.47. The maximum Gasteiger partial charge on any atom is 0.337 e. The first kappa shape index (κ1) is 17.8. The van der Waals surface area contributed by atoms with Crippen molar-refractivity contribution in [2.75, 3.05) is 19.5 Å². The predicted molar refractivity (Wildman–Crippen MR) is 103 cm³/mol. The van der Waals surface area contributed by atoms with Crippen molar-refractivity contribution in [2.24, 2.45) is 0 Å². The van der Waals surface area contributed by atoms with Crippen LogP contribution < -0.4 is 10.1 Å². The van der Waals surface area contributed by atoms with Crippen LogP contribution in [0.25, 0.3) is 5.69 Å². The molecule has 7 heteroatoms.